The summed E-state index contributed by atoms with van der Waals surface area (Å²) in [5, 5.41) is 3.93. The van der Waals surface area contributed by atoms with Gasteiger partial charge in [0.25, 0.3) is 5.91 Å². The van der Waals surface area contributed by atoms with Crippen molar-refractivity contribution in [3.05, 3.63) is 89.7 Å². The Morgan fingerprint density at radius 2 is 1.71 bits per heavy atom. The summed E-state index contributed by atoms with van der Waals surface area (Å²) in [7, 11) is 0. The molecule has 136 valence electrons. The van der Waals surface area contributed by atoms with E-state index in [-0.39, 0.29) is 5.91 Å². The third kappa shape index (κ3) is 3.03. The Labute approximate surface area is 163 Å². The molecule has 4 aromatic rings. The summed E-state index contributed by atoms with van der Waals surface area (Å²) in [6.45, 7) is 0. The Bertz CT molecular complexity index is 1190. The molecule has 4 heteroatoms. The van der Waals surface area contributed by atoms with Crippen molar-refractivity contribution in [2.45, 2.75) is 19.3 Å². The lowest BCUT2D eigenvalue weighted by Crippen LogP contribution is -2.13. The molecule has 0 unspecified atom stereocenters. The molecule has 0 bridgehead atoms. The minimum atomic E-state index is -0.119. The van der Waals surface area contributed by atoms with Crippen LogP contribution in [0, 0.1) is 0 Å². The number of pyridine rings is 2. The number of carbonyl (C=O) groups excluding carboxylic acids is 1. The molecule has 0 spiro atoms. The van der Waals surface area contributed by atoms with Crippen LogP contribution in [-0.4, -0.2) is 15.9 Å². The monoisotopic (exact) mass is 365 g/mol. The molecule has 1 aliphatic rings. The van der Waals surface area contributed by atoms with E-state index in [1.54, 1.807) is 12.4 Å². The molecule has 5 rings (SSSR count). The number of hydrogen-bond donors (Lipinski definition) is 1. The van der Waals surface area contributed by atoms with Gasteiger partial charge in [-0.25, -0.2) is 4.98 Å². The number of fused-ring (bicyclic) bond motifs is 2. The van der Waals surface area contributed by atoms with Gasteiger partial charge >= 0.3 is 0 Å². The van der Waals surface area contributed by atoms with Crippen molar-refractivity contribution < 1.29 is 4.79 Å². The number of nitrogens with zero attached hydrogens (tertiary/aromatic N) is 2. The van der Waals surface area contributed by atoms with Crippen molar-refractivity contribution in [3.8, 4) is 11.3 Å². The van der Waals surface area contributed by atoms with Crippen LogP contribution in [0.3, 0.4) is 0 Å². The summed E-state index contributed by atoms with van der Waals surface area (Å²) in [5.41, 5.74) is 6.71. The van der Waals surface area contributed by atoms with Crippen molar-refractivity contribution in [3.63, 3.8) is 0 Å². The van der Waals surface area contributed by atoms with Crippen LogP contribution < -0.4 is 5.32 Å². The first-order chi connectivity index (χ1) is 13.8. The number of aryl methyl sites for hydroxylation is 2. The molecule has 2 aromatic carbocycles. The standard InChI is InChI=1S/C24H19N3O/c28-24(26-19-9-8-16-4-3-5-18(16)14-19)21-15-23(17-10-12-25-13-11-17)27-22-7-2-1-6-20(21)22/h1-2,6-15H,3-5H2,(H,26,28). The zero-order valence-electron chi connectivity index (χ0n) is 15.4. The highest BCUT2D eigenvalue weighted by atomic mass is 16.1. The highest BCUT2D eigenvalue weighted by molar-refractivity contribution is 6.13. The third-order valence-corrected chi connectivity index (χ3v) is 5.29. The van der Waals surface area contributed by atoms with Crippen molar-refractivity contribution >= 4 is 22.5 Å². The van der Waals surface area contributed by atoms with Gasteiger partial charge in [-0.15, -0.1) is 0 Å². The molecule has 28 heavy (non-hydrogen) atoms. The van der Waals surface area contributed by atoms with Gasteiger partial charge in [0.2, 0.25) is 0 Å². The maximum atomic E-state index is 13.2. The number of rotatable bonds is 3. The van der Waals surface area contributed by atoms with E-state index in [1.165, 1.54) is 17.5 Å². The number of para-hydroxylation sites is 1. The van der Waals surface area contributed by atoms with Crippen LogP contribution >= 0.6 is 0 Å². The molecule has 0 fully saturated rings. The van der Waals surface area contributed by atoms with E-state index < -0.39 is 0 Å². The fraction of sp³-hybridized carbons (Fsp3) is 0.125. The van der Waals surface area contributed by atoms with E-state index in [4.69, 9.17) is 4.98 Å². The van der Waals surface area contributed by atoms with Crippen LogP contribution in [0.5, 0.6) is 0 Å². The van der Waals surface area contributed by atoms with Gasteiger partial charge in [0.15, 0.2) is 0 Å². The molecule has 1 aliphatic carbocycles. The van der Waals surface area contributed by atoms with Gasteiger partial charge in [-0.05, 0) is 66.8 Å². The number of benzene rings is 2. The summed E-state index contributed by atoms with van der Waals surface area (Å²) in [4.78, 5) is 22.0. The lowest BCUT2D eigenvalue weighted by molar-refractivity contribution is 0.102. The molecule has 0 atom stereocenters. The topological polar surface area (TPSA) is 54.9 Å². The summed E-state index contributed by atoms with van der Waals surface area (Å²) in [5.74, 6) is -0.119. The second kappa shape index (κ2) is 6.89. The van der Waals surface area contributed by atoms with Gasteiger partial charge < -0.3 is 5.32 Å². The van der Waals surface area contributed by atoms with E-state index in [9.17, 15) is 4.79 Å². The number of carbonyl (C=O) groups is 1. The van der Waals surface area contributed by atoms with E-state index in [0.29, 0.717) is 5.56 Å². The average molecular weight is 365 g/mol. The fourth-order valence-electron chi connectivity index (χ4n) is 3.88. The second-order valence-electron chi connectivity index (χ2n) is 7.10. The first-order valence-electron chi connectivity index (χ1n) is 9.51. The summed E-state index contributed by atoms with van der Waals surface area (Å²) < 4.78 is 0. The van der Waals surface area contributed by atoms with E-state index in [0.717, 1.165) is 40.7 Å². The highest BCUT2D eigenvalue weighted by Crippen LogP contribution is 2.27. The Hall–Kier alpha value is -3.53. The minimum Gasteiger partial charge on any atom is -0.322 e. The summed E-state index contributed by atoms with van der Waals surface area (Å²) in [6, 6.07) is 19.6. The summed E-state index contributed by atoms with van der Waals surface area (Å²) >= 11 is 0. The number of anilines is 1. The Kier molecular flexibility index (Phi) is 4.09. The van der Waals surface area contributed by atoms with Gasteiger partial charge in [0.05, 0.1) is 16.8 Å². The van der Waals surface area contributed by atoms with E-state index in [1.807, 2.05) is 48.5 Å². The maximum absolute atomic E-state index is 13.2. The maximum Gasteiger partial charge on any atom is 0.256 e. The summed E-state index contributed by atoms with van der Waals surface area (Å²) in [6.07, 6.45) is 6.88. The van der Waals surface area contributed by atoms with Gasteiger partial charge in [0, 0.05) is 29.0 Å². The van der Waals surface area contributed by atoms with Crippen molar-refractivity contribution in [1.29, 1.82) is 0 Å². The molecular weight excluding hydrogens is 346 g/mol. The first-order valence-corrected chi connectivity index (χ1v) is 9.51. The minimum absolute atomic E-state index is 0.119. The lowest BCUT2D eigenvalue weighted by Gasteiger charge is -2.11. The average Bonchev–Trinajstić information content (AvgIpc) is 3.21. The number of amides is 1. The molecule has 2 heterocycles. The molecule has 1 amide bonds. The Balaban J connectivity index is 1.56. The van der Waals surface area contributed by atoms with Gasteiger partial charge in [-0.3, -0.25) is 9.78 Å². The predicted molar refractivity (Wildman–Crippen MR) is 111 cm³/mol. The number of hydrogen-bond acceptors (Lipinski definition) is 3. The van der Waals surface area contributed by atoms with Gasteiger partial charge in [0.1, 0.15) is 0 Å². The Morgan fingerprint density at radius 3 is 2.61 bits per heavy atom. The molecule has 0 radical (unpaired) electrons. The van der Waals surface area contributed by atoms with Crippen LogP contribution in [0.15, 0.2) is 73.1 Å². The highest BCUT2D eigenvalue weighted by Gasteiger charge is 2.16. The molecule has 0 saturated heterocycles. The SMILES string of the molecule is O=C(Nc1ccc2c(c1)CCC2)c1cc(-c2ccncc2)nc2ccccc12. The molecule has 2 aromatic heterocycles. The van der Waals surface area contributed by atoms with Crippen molar-refractivity contribution in [2.75, 3.05) is 5.32 Å². The van der Waals surface area contributed by atoms with E-state index >= 15 is 0 Å². The van der Waals surface area contributed by atoms with Gasteiger partial charge in [-0.2, -0.15) is 0 Å². The molecule has 1 N–H and O–H groups in total. The number of aromatic nitrogens is 2. The van der Waals surface area contributed by atoms with Crippen LogP contribution in [0.25, 0.3) is 22.2 Å². The smallest absolute Gasteiger partial charge is 0.256 e. The van der Waals surface area contributed by atoms with Crippen molar-refractivity contribution in [2.24, 2.45) is 0 Å². The normalized spacial score (nSPS) is 12.7. The molecule has 0 aliphatic heterocycles. The van der Waals surface area contributed by atoms with Gasteiger partial charge in [-0.1, -0.05) is 24.3 Å². The lowest BCUT2D eigenvalue weighted by atomic mass is 10.0. The second-order valence-corrected chi connectivity index (χ2v) is 7.10. The van der Waals surface area contributed by atoms with Crippen LogP contribution in [-0.2, 0) is 12.8 Å². The molecule has 4 nitrogen and oxygen atoms in total. The number of nitrogens with one attached hydrogen (secondary N) is 1. The van der Waals surface area contributed by atoms with E-state index in [2.05, 4.69) is 22.4 Å². The first kappa shape index (κ1) is 16.6. The fourth-order valence-corrected chi connectivity index (χ4v) is 3.88. The largest absolute Gasteiger partial charge is 0.322 e. The van der Waals surface area contributed by atoms with Crippen molar-refractivity contribution in [1.82, 2.24) is 9.97 Å². The third-order valence-electron chi connectivity index (χ3n) is 5.29. The van der Waals surface area contributed by atoms with Crippen LogP contribution in [0.1, 0.15) is 27.9 Å². The Morgan fingerprint density at radius 1 is 0.893 bits per heavy atom. The zero-order chi connectivity index (χ0) is 18.9. The zero-order valence-corrected chi connectivity index (χ0v) is 15.4. The molecule has 0 saturated carbocycles. The van der Waals surface area contributed by atoms with Crippen LogP contribution in [0.4, 0.5) is 5.69 Å². The quantitative estimate of drug-likeness (QED) is 0.553. The molecular formula is C24H19N3O. The van der Waals surface area contributed by atoms with Crippen LogP contribution in [0.2, 0.25) is 0 Å². The predicted octanol–water partition coefficient (Wildman–Crippen LogP) is 5.04.